The van der Waals surface area contributed by atoms with Crippen LogP contribution in [0.1, 0.15) is 45.1 Å². The van der Waals surface area contributed by atoms with Crippen LogP contribution in [0.15, 0.2) is 23.3 Å². The number of aliphatic imine (C=N–C) groups is 1. The summed E-state index contributed by atoms with van der Waals surface area (Å²) < 4.78 is 17.2. The second-order valence-electron chi connectivity index (χ2n) is 6.20. The monoisotopic (exact) mass is 366 g/mol. The molecule has 0 spiro atoms. The van der Waals surface area contributed by atoms with Crippen molar-refractivity contribution in [3.8, 4) is 5.88 Å². The zero-order chi connectivity index (χ0) is 18.1. The van der Waals surface area contributed by atoms with Crippen molar-refractivity contribution in [1.82, 2.24) is 15.6 Å². The first kappa shape index (κ1) is 19.7. The van der Waals surface area contributed by atoms with Gasteiger partial charge in [0.25, 0.3) is 0 Å². The van der Waals surface area contributed by atoms with E-state index in [4.69, 9.17) is 4.74 Å². The highest BCUT2D eigenvalue weighted by atomic mass is 32.2. The van der Waals surface area contributed by atoms with Crippen molar-refractivity contribution in [3.05, 3.63) is 23.9 Å². The van der Waals surface area contributed by atoms with Gasteiger partial charge in [-0.2, -0.15) is 0 Å². The molecule has 0 aromatic carbocycles. The number of methoxy groups -OCH3 is 1. The van der Waals surface area contributed by atoms with Crippen molar-refractivity contribution in [1.29, 1.82) is 0 Å². The van der Waals surface area contributed by atoms with E-state index in [1.807, 2.05) is 19.1 Å². The van der Waals surface area contributed by atoms with Gasteiger partial charge in [0, 0.05) is 46.7 Å². The molecule has 25 heavy (non-hydrogen) atoms. The van der Waals surface area contributed by atoms with Crippen molar-refractivity contribution < 1.29 is 8.95 Å². The second kappa shape index (κ2) is 10.4. The van der Waals surface area contributed by atoms with Crippen LogP contribution >= 0.6 is 0 Å². The van der Waals surface area contributed by atoms with Crippen LogP contribution in [0.5, 0.6) is 5.88 Å². The highest BCUT2D eigenvalue weighted by Crippen LogP contribution is 2.23. The first-order valence-corrected chi connectivity index (χ1v) is 10.4. The molecule has 0 amide bonds. The smallest absolute Gasteiger partial charge is 0.212 e. The van der Waals surface area contributed by atoms with Crippen molar-refractivity contribution >= 4 is 16.8 Å². The van der Waals surface area contributed by atoms with Crippen LogP contribution < -0.4 is 15.4 Å². The minimum absolute atomic E-state index is 0.310. The van der Waals surface area contributed by atoms with Gasteiger partial charge in [-0.3, -0.25) is 4.21 Å². The third kappa shape index (κ3) is 6.30. The molecule has 0 saturated heterocycles. The van der Waals surface area contributed by atoms with Crippen LogP contribution in [0.3, 0.4) is 0 Å². The molecular formula is C18H30N4O2S. The Labute approximate surface area is 153 Å². The van der Waals surface area contributed by atoms with E-state index in [2.05, 4.69) is 27.5 Å². The zero-order valence-electron chi connectivity index (χ0n) is 15.5. The zero-order valence-corrected chi connectivity index (χ0v) is 16.3. The lowest BCUT2D eigenvalue weighted by atomic mass is 9.95. The van der Waals surface area contributed by atoms with E-state index < -0.39 is 10.8 Å². The van der Waals surface area contributed by atoms with E-state index in [1.54, 1.807) is 13.3 Å². The summed E-state index contributed by atoms with van der Waals surface area (Å²) in [5, 5.41) is 7.13. The summed E-state index contributed by atoms with van der Waals surface area (Å²) in [5.74, 6) is 2.16. The van der Waals surface area contributed by atoms with Gasteiger partial charge in [-0.05, 0) is 31.7 Å². The lowest BCUT2D eigenvalue weighted by Gasteiger charge is -2.30. The molecule has 7 heteroatoms. The molecule has 140 valence electrons. The predicted octanol–water partition coefficient (Wildman–Crippen LogP) is 2.23. The van der Waals surface area contributed by atoms with Crippen LogP contribution in [-0.2, 0) is 17.3 Å². The number of hydrogen-bond acceptors (Lipinski definition) is 4. The fraction of sp³-hybridized carbons (Fsp3) is 0.667. The molecule has 2 rings (SSSR count). The molecule has 1 aromatic heterocycles. The predicted molar refractivity (Wildman–Crippen MR) is 103 cm³/mol. The number of pyridine rings is 1. The summed E-state index contributed by atoms with van der Waals surface area (Å²) in [6.45, 7) is 5.43. The molecule has 1 aliphatic carbocycles. The highest BCUT2D eigenvalue weighted by molar-refractivity contribution is 7.85. The summed E-state index contributed by atoms with van der Waals surface area (Å²) in [6, 6.07) is 4.15. The maximum Gasteiger partial charge on any atom is 0.212 e. The van der Waals surface area contributed by atoms with E-state index in [0.717, 1.165) is 49.5 Å². The number of nitrogens with zero attached hydrogens (tertiary/aromatic N) is 2. The Morgan fingerprint density at radius 3 is 2.88 bits per heavy atom. The third-order valence-electron chi connectivity index (χ3n) is 4.39. The van der Waals surface area contributed by atoms with E-state index in [-0.39, 0.29) is 0 Å². The van der Waals surface area contributed by atoms with Crippen molar-refractivity contribution in [2.24, 2.45) is 4.99 Å². The largest absolute Gasteiger partial charge is 0.481 e. The Bertz CT molecular complexity index is 577. The van der Waals surface area contributed by atoms with Gasteiger partial charge in [-0.1, -0.05) is 19.4 Å². The van der Waals surface area contributed by atoms with Gasteiger partial charge >= 0.3 is 0 Å². The minimum atomic E-state index is -0.710. The number of nitrogens with one attached hydrogen (secondary N) is 2. The summed E-state index contributed by atoms with van der Waals surface area (Å²) in [7, 11) is 0.898. The van der Waals surface area contributed by atoms with E-state index in [1.165, 1.54) is 0 Å². The summed E-state index contributed by atoms with van der Waals surface area (Å²) in [4.78, 5) is 8.87. The van der Waals surface area contributed by atoms with Crippen LogP contribution in [0, 0.1) is 0 Å². The Kier molecular flexibility index (Phi) is 8.18. The number of rotatable bonds is 7. The number of guanidine groups is 1. The lowest BCUT2D eigenvalue weighted by Crippen LogP contribution is -2.46. The van der Waals surface area contributed by atoms with Gasteiger partial charge in [-0.15, -0.1) is 0 Å². The van der Waals surface area contributed by atoms with Crippen LogP contribution in [0.25, 0.3) is 0 Å². The number of aromatic nitrogens is 1. The molecule has 0 radical (unpaired) electrons. The summed E-state index contributed by atoms with van der Waals surface area (Å²) >= 11 is 0. The molecule has 3 unspecified atom stereocenters. The lowest BCUT2D eigenvalue weighted by molar-refractivity contribution is 0.397. The first-order valence-electron chi connectivity index (χ1n) is 9.07. The standard InChI is InChI=1S/C18H30N4O2S/c1-4-19-18(21-13-14-9-10-17(24-3)20-12-14)22-15-7-6-8-16(11-15)25(23)5-2/h9-10,12,15-16H,4-8,11,13H2,1-3H3,(H2,19,21,22). The average molecular weight is 367 g/mol. The van der Waals surface area contributed by atoms with Crippen molar-refractivity contribution in [2.45, 2.75) is 57.4 Å². The Morgan fingerprint density at radius 2 is 2.24 bits per heavy atom. The molecule has 6 nitrogen and oxygen atoms in total. The topological polar surface area (TPSA) is 75.6 Å². The molecule has 2 N–H and O–H groups in total. The molecule has 0 bridgehead atoms. The number of hydrogen-bond donors (Lipinski definition) is 2. The normalized spacial score (nSPS) is 22.3. The van der Waals surface area contributed by atoms with Gasteiger partial charge in [0.15, 0.2) is 5.96 Å². The highest BCUT2D eigenvalue weighted by Gasteiger charge is 2.25. The summed E-state index contributed by atoms with van der Waals surface area (Å²) in [6.07, 6.45) is 6.04. The minimum Gasteiger partial charge on any atom is -0.481 e. The molecule has 1 fully saturated rings. The fourth-order valence-electron chi connectivity index (χ4n) is 3.06. The van der Waals surface area contributed by atoms with Gasteiger partial charge < -0.3 is 15.4 Å². The first-order chi connectivity index (χ1) is 12.2. The fourth-order valence-corrected chi connectivity index (χ4v) is 4.41. The molecule has 1 aromatic rings. The summed E-state index contributed by atoms with van der Waals surface area (Å²) in [5.41, 5.74) is 1.03. The SMILES string of the molecule is CCNC(=NCc1ccc(OC)nc1)NC1CCCC(S(=O)CC)C1. The second-order valence-corrected chi connectivity index (χ2v) is 8.21. The quantitative estimate of drug-likeness (QED) is 0.572. The Hall–Kier alpha value is -1.63. The van der Waals surface area contributed by atoms with Gasteiger partial charge in [0.05, 0.1) is 13.7 Å². The molecule has 3 atom stereocenters. The molecular weight excluding hydrogens is 336 g/mol. The molecule has 0 aliphatic heterocycles. The van der Waals surface area contributed by atoms with Gasteiger partial charge in [0.1, 0.15) is 0 Å². The van der Waals surface area contributed by atoms with Gasteiger partial charge in [-0.25, -0.2) is 9.98 Å². The maximum absolute atomic E-state index is 12.1. The average Bonchev–Trinajstić information content (AvgIpc) is 2.66. The Morgan fingerprint density at radius 1 is 1.40 bits per heavy atom. The van der Waals surface area contributed by atoms with Crippen LogP contribution in [-0.4, -0.2) is 45.9 Å². The van der Waals surface area contributed by atoms with Crippen LogP contribution in [0.4, 0.5) is 0 Å². The van der Waals surface area contributed by atoms with Crippen molar-refractivity contribution in [3.63, 3.8) is 0 Å². The van der Waals surface area contributed by atoms with E-state index >= 15 is 0 Å². The van der Waals surface area contributed by atoms with Gasteiger partial charge in [0.2, 0.25) is 5.88 Å². The molecule has 1 saturated carbocycles. The van der Waals surface area contributed by atoms with E-state index in [9.17, 15) is 4.21 Å². The third-order valence-corrected chi connectivity index (χ3v) is 6.13. The van der Waals surface area contributed by atoms with Crippen LogP contribution in [0.2, 0.25) is 0 Å². The maximum atomic E-state index is 12.1. The number of ether oxygens (including phenoxy) is 1. The molecule has 1 heterocycles. The Balaban J connectivity index is 1.95. The van der Waals surface area contributed by atoms with Crippen molar-refractivity contribution in [2.75, 3.05) is 19.4 Å². The molecule has 1 aliphatic rings. The van der Waals surface area contributed by atoms with E-state index in [0.29, 0.717) is 23.7 Å².